The summed E-state index contributed by atoms with van der Waals surface area (Å²) in [5.41, 5.74) is 6.55. The van der Waals surface area contributed by atoms with Crippen LogP contribution < -0.4 is 32.3 Å². The van der Waals surface area contributed by atoms with Crippen molar-refractivity contribution in [2.45, 2.75) is 125 Å². The van der Waals surface area contributed by atoms with Crippen molar-refractivity contribution in [3.63, 3.8) is 0 Å². The third-order valence-electron chi connectivity index (χ3n) is 8.64. The van der Waals surface area contributed by atoms with Gasteiger partial charge in [0.2, 0.25) is 29.5 Å². The molecule has 50 heavy (non-hydrogen) atoms. The molecular weight excluding hydrogens is 644 g/mol. The van der Waals surface area contributed by atoms with Gasteiger partial charge in [0, 0.05) is 6.42 Å². The predicted molar refractivity (Wildman–Crippen MR) is 190 cm³/mol. The van der Waals surface area contributed by atoms with Crippen LogP contribution in [-0.4, -0.2) is 82.0 Å². The van der Waals surface area contributed by atoms with Gasteiger partial charge in [-0.15, -0.1) is 0 Å². The molecule has 14 nitrogen and oxygen atoms in total. The van der Waals surface area contributed by atoms with Crippen LogP contribution >= 0.6 is 0 Å². The second-order valence-electron chi connectivity index (χ2n) is 14.6. The minimum Gasteiger partial charge on any atom is -0.508 e. The van der Waals surface area contributed by atoms with Crippen molar-refractivity contribution in [1.29, 1.82) is 0 Å². The lowest BCUT2D eigenvalue weighted by Crippen LogP contribution is -2.61. The molecule has 14 heteroatoms. The second kappa shape index (κ2) is 20.5. The molecule has 0 radical (unpaired) electrons. The summed E-state index contributed by atoms with van der Waals surface area (Å²) in [7, 11) is 0. The molecule has 0 fully saturated rings. The lowest BCUT2D eigenvalue weighted by Gasteiger charge is -2.31. The predicted octanol–water partition coefficient (Wildman–Crippen LogP) is 1.83. The van der Waals surface area contributed by atoms with Gasteiger partial charge in [0.25, 0.3) is 0 Å². The van der Waals surface area contributed by atoms with Crippen molar-refractivity contribution < 1.29 is 39.0 Å². The molecule has 7 unspecified atom stereocenters. The molecule has 1 aromatic carbocycles. The molecule has 0 saturated carbocycles. The van der Waals surface area contributed by atoms with Crippen molar-refractivity contribution >= 4 is 35.5 Å². The van der Waals surface area contributed by atoms with E-state index in [0.29, 0.717) is 12.0 Å². The summed E-state index contributed by atoms with van der Waals surface area (Å²) < 4.78 is 0. The van der Waals surface area contributed by atoms with Gasteiger partial charge in [-0.3, -0.25) is 24.0 Å². The summed E-state index contributed by atoms with van der Waals surface area (Å²) in [5.74, 6) is -5.58. The van der Waals surface area contributed by atoms with Crippen molar-refractivity contribution in [1.82, 2.24) is 26.6 Å². The van der Waals surface area contributed by atoms with Crippen LogP contribution in [0.5, 0.6) is 5.75 Å². The van der Waals surface area contributed by atoms with Crippen molar-refractivity contribution in [3.8, 4) is 5.75 Å². The number of carbonyl (C=O) groups excluding carboxylic acids is 5. The first-order valence-corrected chi connectivity index (χ1v) is 17.5. The lowest BCUT2D eigenvalue weighted by molar-refractivity contribution is -0.142. The number of amides is 5. The molecule has 0 heterocycles. The van der Waals surface area contributed by atoms with Crippen LogP contribution in [0.4, 0.5) is 0 Å². The summed E-state index contributed by atoms with van der Waals surface area (Å²) in [5, 5.41) is 32.9. The molecule has 0 aliphatic heterocycles. The van der Waals surface area contributed by atoms with E-state index in [0.717, 1.165) is 0 Å². The first kappa shape index (κ1) is 43.8. The Labute approximate surface area is 296 Å². The fourth-order valence-corrected chi connectivity index (χ4v) is 5.11. The molecule has 0 spiro atoms. The van der Waals surface area contributed by atoms with E-state index in [1.807, 2.05) is 20.8 Å². The molecule has 0 aromatic heterocycles. The average molecular weight is 705 g/mol. The van der Waals surface area contributed by atoms with Crippen LogP contribution in [0.2, 0.25) is 0 Å². The van der Waals surface area contributed by atoms with Crippen molar-refractivity contribution in [2.24, 2.45) is 35.3 Å². The summed E-state index contributed by atoms with van der Waals surface area (Å²) >= 11 is 0. The summed E-state index contributed by atoms with van der Waals surface area (Å²) in [6.07, 6.45) is 0.636. The molecule has 282 valence electrons. The number of hydrogen-bond acceptors (Lipinski definition) is 8. The van der Waals surface area contributed by atoms with Gasteiger partial charge >= 0.3 is 5.97 Å². The minimum atomic E-state index is -1.31. The van der Waals surface area contributed by atoms with E-state index in [2.05, 4.69) is 26.6 Å². The molecule has 0 aliphatic rings. The third kappa shape index (κ3) is 14.0. The Hall–Kier alpha value is -4.20. The van der Waals surface area contributed by atoms with Gasteiger partial charge < -0.3 is 42.5 Å². The Kier molecular flexibility index (Phi) is 17.9. The molecular formula is C36H60N6O8. The maximum Gasteiger partial charge on any atom is 0.326 e. The van der Waals surface area contributed by atoms with Crippen LogP contribution in [0, 0.1) is 29.6 Å². The summed E-state index contributed by atoms with van der Waals surface area (Å²) in [6.45, 7) is 17.9. The van der Waals surface area contributed by atoms with E-state index < -0.39 is 83.6 Å². The number of carboxylic acids is 1. The molecule has 0 saturated heterocycles. The van der Waals surface area contributed by atoms with Gasteiger partial charge in [-0.1, -0.05) is 87.8 Å². The second-order valence-corrected chi connectivity index (χ2v) is 14.6. The maximum atomic E-state index is 13.8. The lowest BCUT2D eigenvalue weighted by atomic mass is 9.95. The van der Waals surface area contributed by atoms with Crippen LogP contribution in [0.3, 0.4) is 0 Å². The van der Waals surface area contributed by atoms with Crippen molar-refractivity contribution in [3.05, 3.63) is 29.8 Å². The molecule has 1 aromatic rings. The number of phenols is 1. The molecule has 5 amide bonds. The summed E-state index contributed by atoms with van der Waals surface area (Å²) in [6, 6.07) is -0.414. The van der Waals surface area contributed by atoms with E-state index in [9.17, 15) is 39.0 Å². The topological polar surface area (TPSA) is 229 Å². The number of aromatic hydroxyl groups is 1. The number of aliphatic carboxylic acids is 1. The number of carboxylic acid groups (broad SMARTS) is 1. The van der Waals surface area contributed by atoms with Gasteiger partial charge in [-0.2, -0.15) is 0 Å². The third-order valence-corrected chi connectivity index (χ3v) is 8.64. The number of carbonyl (C=O) groups is 6. The molecule has 0 bridgehead atoms. The zero-order chi connectivity index (χ0) is 38.5. The number of rotatable bonds is 20. The first-order chi connectivity index (χ1) is 23.2. The van der Waals surface area contributed by atoms with Crippen molar-refractivity contribution in [2.75, 3.05) is 0 Å². The zero-order valence-electron chi connectivity index (χ0n) is 31.2. The smallest absolute Gasteiger partial charge is 0.326 e. The maximum absolute atomic E-state index is 13.8. The molecule has 1 rings (SSSR count). The van der Waals surface area contributed by atoms with Crippen LogP contribution in [0.1, 0.15) is 87.6 Å². The highest BCUT2D eigenvalue weighted by Gasteiger charge is 2.36. The van der Waals surface area contributed by atoms with Crippen LogP contribution in [0.15, 0.2) is 24.3 Å². The largest absolute Gasteiger partial charge is 0.508 e. The molecule has 9 N–H and O–H groups in total. The van der Waals surface area contributed by atoms with E-state index in [1.165, 1.54) is 12.1 Å². The quantitative estimate of drug-likeness (QED) is 0.0989. The van der Waals surface area contributed by atoms with E-state index >= 15 is 0 Å². The minimum absolute atomic E-state index is 0.0184. The van der Waals surface area contributed by atoms with Gasteiger partial charge in [-0.25, -0.2) is 4.79 Å². The first-order valence-electron chi connectivity index (χ1n) is 17.5. The number of nitrogens with one attached hydrogen (secondary N) is 5. The van der Waals surface area contributed by atoms with Gasteiger partial charge in [0.05, 0.1) is 6.04 Å². The average Bonchev–Trinajstić information content (AvgIpc) is 3.03. The highest BCUT2D eigenvalue weighted by Crippen LogP contribution is 2.15. The Morgan fingerprint density at radius 3 is 1.50 bits per heavy atom. The highest BCUT2D eigenvalue weighted by molar-refractivity contribution is 5.96. The highest BCUT2D eigenvalue weighted by atomic mass is 16.4. The Balaban J connectivity index is 3.20. The van der Waals surface area contributed by atoms with E-state index in [1.54, 1.807) is 60.6 Å². The Morgan fingerprint density at radius 2 is 1.06 bits per heavy atom. The SMILES string of the molecule is CCC(C)C(NC(=O)C(CC(C)C)NC(=O)C(NC(=O)C(NC(=O)C(N)C(C)C)C(C)C)C(C)C)C(=O)NC(Cc1ccc(O)cc1)C(=O)O. The number of nitrogens with two attached hydrogens (primary N) is 1. The number of benzene rings is 1. The zero-order valence-corrected chi connectivity index (χ0v) is 31.2. The van der Waals surface area contributed by atoms with Gasteiger partial charge in [0.1, 0.15) is 36.0 Å². The van der Waals surface area contributed by atoms with Gasteiger partial charge in [0.15, 0.2) is 0 Å². The summed E-state index contributed by atoms with van der Waals surface area (Å²) in [4.78, 5) is 79.1. The molecule has 7 atom stereocenters. The standard InChI is InChI=1S/C36H60N6O8/c1-11-22(10)30(35(48)39-26(36(49)50)17-23-12-14-24(43)15-13-23)42-31(44)25(16-18(2)3)38-33(46)28(20(6)7)41-34(47)29(21(8)9)40-32(45)27(37)19(4)5/h12-15,18-22,25-30,43H,11,16-17,37H2,1-10H3,(H,38,46)(H,39,48)(H,40,45)(H,41,47)(H,42,44)(H,49,50). The monoisotopic (exact) mass is 704 g/mol. The number of phenolic OH excluding ortho intramolecular Hbond substituents is 1. The fraction of sp³-hybridized carbons (Fsp3) is 0.667. The van der Waals surface area contributed by atoms with Gasteiger partial charge in [-0.05, 0) is 53.7 Å². The Bertz CT molecular complexity index is 1300. The van der Waals surface area contributed by atoms with E-state index in [-0.39, 0.29) is 36.3 Å². The van der Waals surface area contributed by atoms with Crippen LogP contribution in [-0.2, 0) is 35.2 Å². The number of hydrogen-bond donors (Lipinski definition) is 8. The molecule has 0 aliphatic carbocycles. The Morgan fingerprint density at radius 1 is 0.620 bits per heavy atom. The normalized spacial score (nSPS) is 15.7. The van der Waals surface area contributed by atoms with Crippen LogP contribution in [0.25, 0.3) is 0 Å². The van der Waals surface area contributed by atoms with E-state index in [4.69, 9.17) is 5.73 Å². The fourth-order valence-electron chi connectivity index (χ4n) is 5.11.